The molecule has 0 bridgehead atoms. The van der Waals surface area contributed by atoms with Gasteiger partial charge in [-0.1, -0.05) is 32.6 Å². The number of nitrogens with one attached hydrogen (secondary N) is 2. The Morgan fingerprint density at radius 3 is 2.38 bits per heavy atom. The summed E-state index contributed by atoms with van der Waals surface area (Å²) in [5, 5.41) is 6.80. The van der Waals surface area contributed by atoms with Gasteiger partial charge in [0, 0.05) is 13.1 Å². The minimum absolute atomic E-state index is 1.03. The second kappa shape index (κ2) is 7.34. The molecule has 0 unspecified atom stereocenters. The second-order valence-electron chi connectivity index (χ2n) is 4.04. The lowest BCUT2D eigenvalue weighted by Gasteiger charge is -2.09. The lowest BCUT2D eigenvalue weighted by Crippen LogP contribution is -2.28. The predicted octanol–water partition coefficient (Wildman–Crippen LogP) is 1.77. The first-order chi connectivity index (χ1) is 6.43. The van der Waals surface area contributed by atoms with E-state index in [1.807, 2.05) is 0 Å². The van der Waals surface area contributed by atoms with E-state index in [0.29, 0.717) is 0 Å². The third-order valence-corrected chi connectivity index (χ3v) is 2.93. The maximum atomic E-state index is 3.48. The van der Waals surface area contributed by atoms with Crippen LogP contribution < -0.4 is 10.6 Å². The van der Waals surface area contributed by atoms with Gasteiger partial charge < -0.3 is 10.6 Å². The Bertz CT molecular complexity index is 109. The zero-order chi connectivity index (χ0) is 9.36. The van der Waals surface area contributed by atoms with Gasteiger partial charge >= 0.3 is 0 Å². The quantitative estimate of drug-likeness (QED) is 0.589. The molecule has 0 aromatic carbocycles. The number of likely N-dealkylation sites (N-methyl/N-ethyl adjacent to an activating group) is 1. The fourth-order valence-corrected chi connectivity index (χ4v) is 2.08. The molecular weight excluding hydrogens is 160 g/mol. The van der Waals surface area contributed by atoms with E-state index in [2.05, 4.69) is 17.6 Å². The minimum atomic E-state index is 1.03. The maximum Gasteiger partial charge on any atom is 0.00767 e. The lowest BCUT2D eigenvalue weighted by atomic mass is 10.0. The number of hydrogen-bond acceptors (Lipinski definition) is 2. The summed E-state index contributed by atoms with van der Waals surface area (Å²) in [5.74, 6) is 1.03. The number of rotatable bonds is 7. The van der Waals surface area contributed by atoms with Crippen LogP contribution in [0.3, 0.4) is 0 Å². The van der Waals surface area contributed by atoms with Gasteiger partial charge in [-0.05, 0) is 25.4 Å². The molecular formula is C11H24N2. The third kappa shape index (κ3) is 5.27. The molecule has 13 heavy (non-hydrogen) atoms. The van der Waals surface area contributed by atoms with Gasteiger partial charge in [-0.15, -0.1) is 0 Å². The molecule has 0 heterocycles. The van der Waals surface area contributed by atoms with Crippen molar-refractivity contribution in [3.8, 4) is 0 Å². The van der Waals surface area contributed by atoms with E-state index in [1.54, 1.807) is 0 Å². The summed E-state index contributed by atoms with van der Waals surface area (Å²) in [4.78, 5) is 0. The maximum absolute atomic E-state index is 3.48. The van der Waals surface area contributed by atoms with Crippen LogP contribution in [0.1, 0.15) is 39.0 Å². The van der Waals surface area contributed by atoms with Crippen molar-refractivity contribution in [2.45, 2.75) is 39.0 Å². The third-order valence-electron chi connectivity index (χ3n) is 2.93. The second-order valence-corrected chi connectivity index (χ2v) is 4.04. The first kappa shape index (κ1) is 11.0. The van der Waals surface area contributed by atoms with Crippen LogP contribution in [0.5, 0.6) is 0 Å². The molecule has 0 atom stereocenters. The van der Waals surface area contributed by atoms with Crippen LogP contribution in [-0.4, -0.2) is 26.2 Å². The Balaban J connectivity index is 1.78. The van der Waals surface area contributed by atoms with Crippen molar-refractivity contribution < 1.29 is 0 Å². The molecule has 0 aromatic rings. The van der Waals surface area contributed by atoms with E-state index in [4.69, 9.17) is 0 Å². The molecule has 0 aliphatic heterocycles. The Morgan fingerprint density at radius 1 is 1.00 bits per heavy atom. The van der Waals surface area contributed by atoms with Crippen LogP contribution in [0.2, 0.25) is 0 Å². The van der Waals surface area contributed by atoms with Crippen molar-refractivity contribution >= 4 is 0 Å². The highest BCUT2D eigenvalue weighted by Crippen LogP contribution is 2.26. The summed E-state index contributed by atoms with van der Waals surface area (Å²) in [6.45, 7) is 6.70. The minimum Gasteiger partial charge on any atom is -0.316 e. The Morgan fingerprint density at radius 2 is 1.69 bits per heavy atom. The van der Waals surface area contributed by atoms with Crippen molar-refractivity contribution in [1.29, 1.82) is 0 Å². The standard InChI is InChI=1S/C11H24N2/c1-2-12-9-10-13-8-7-11-5-3-4-6-11/h11-13H,2-10H2,1H3. The first-order valence-electron chi connectivity index (χ1n) is 5.85. The van der Waals surface area contributed by atoms with Crippen LogP contribution in [0.15, 0.2) is 0 Å². The van der Waals surface area contributed by atoms with Gasteiger partial charge in [-0.2, -0.15) is 0 Å². The van der Waals surface area contributed by atoms with E-state index < -0.39 is 0 Å². The highest BCUT2D eigenvalue weighted by atomic mass is 14.9. The topological polar surface area (TPSA) is 24.1 Å². The molecule has 2 nitrogen and oxygen atoms in total. The molecule has 0 saturated heterocycles. The van der Waals surface area contributed by atoms with Crippen LogP contribution in [0.4, 0.5) is 0 Å². The highest BCUT2D eigenvalue weighted by Gasteiger charge is 2.13. The van der Waals surface area contributed by atoms with Gasteiger partial charge in [-0.3, -0.25) is 0 Å². The van der Waals surface area contributed by atoms with E-state index in [9.17, 15) is 0 Å². The molecule has 2 N–H and O–H groups in total. The van der Waals surface area contributed by atoms with E-state index >= 15 is 0 Å². The van der Waals surface area contributed by atoms with Crippen molar-refractivity contribution in [2.75, 3.05) is 26.2 Å². The van der Waals surface area contributed by atoms with E-state index in [-0.39, 0.29) is 0 Å². The molecule has 1 aliphatic carbocycles. The smallest absolute Gasteiger partial charge is 0.00767 e. The van der Waals surface area contributed by atoms with Crippen LogP contribution >= 0.6 is 0 Å². The summed E-state index contributed by atoms with van der Waals surface area (Å²) >= 11 is 0. The molecule has 0 radical (unpaired) electrons. The van der Waals surface area contributed by atoms with Gasteiger partial charge in [0.15, 0.2) is 0 Å². The molecule has 0 spiro atoms. The molecule has 2 heteroatoms. The first-order valence-corrected chi connectivity index (χ1v) is 5.85. The zero-order valence-electron chi connectivity index (χ0n) is 8.94. The zero-order valence-corrected chi connectivity index (χ0v) is 8.94. The Hall–Kier alpha value is -0.0800. The van der Waals surface area contributed by atoms with Crippen LogP contribution in [0, 0.1) is 5.92 Å². The van der Waals surface area contributed by atoms with Gasteiger partial charge in [0.05, 0.1) is 0 Å². The van der Waals surface area contributed by atoms with Gasteiger partial charge in [0.2, 0.25) is 0 Å². The SMILES string of the molecule is CCNCCNCCC1CCCC1. The highest BCUT2D eigenvalue weighted by molar-refractivity contribution is 4.68. The van der Waals surface area contributed by atoms with Crippen LogP contribution in [-0.2, 0) is 0 Å². The van der Waals surface area contributed by atoms with Crippen molar-refractivity contribution in [3.05, 3.63) is 0 Å². The molecule has 78 valence electrons. The average molecular weight is 184 g/mol. The molecule has 1 rings (SSSR count). The predicted molar refractivity (Wildman–Crippen MR) is 58.0 cm³/mol. The summed E-state index contributed by atoms with van der Waals surface area (Å²) in [7, 11) is 0. The van der Waals surface area contributed by atoms with Crippen LogP contribution in [0.25, 0.3) is 0 Å². The molecule has 1 fully saturated rings. The molecule has 0 aromatic heterocycles. The van der Waals surface area contributed by atoms with Gasteiger partial charge in [0.1, 0.15) is 0 Å². The summed E-state index contributed by atoms with van der Waals surface area (Å²) < 4.78 is 0. The monoisotopic (exact) mass is 184 g/mol. The van der Waals surface area contributed by atoms with Crippen molar-refractivity contribution in [3.63, 3.8) is 0 Å². The summed E-state index contributed by atoms with van der Waals surface area (Å²) in [5.41, 5.74) is 0. The fourth-order valence-electron chi connectivity index (χ4n) is 2.08. The van der Waals surface area contributed by atoms with Gasteiger partial charge in [-0.25, -0.2) is 0 Å². The summed E-state index contributed by atoms with van der Waals surface area (Å²) in [6, 6.07) is 0. The Kier molecular flexibility index (Phi) is 6.21. The van der Waals surface area contributed by atoms with Gasteiger partial charge in [0.25, 0.3) is 0 Å². The normalized spacial score (nSPS) is 18.2. The lowest BCUT2D eigenvalue weighted by molar-refractivity contribution is 0.475. The number of hydrogen-bond donors (Lipinski definition) is 2. The molecule has 1 saturated carbocycles. The Labute approximate surface area is 82.5 Å². The fraction of sp³-hybridized carbons (Fsp3) is 1.00. The molecule has 0 amide bonds. The van der Waals surface area contributed by atoms with Crippen molar-refractivity contribution in [1.82, 2.24) is 10.6 Å². The van der Waals surface area contributed by atoms with Crippen molar-refractivity contribution in [2.24, 2.45) is 5.92 Å². The summed E-state index contributed by atoms with van der Waals surface area (Å²) in [6.07, 6.45) is 7.31. The largest absolute Gasteiger partial charge is 0.316 e. The molecule has 1 aliphatic rings. The van der Waals surface area contributed by atoms with E-state index in [1.165, 1.54) is 38.6 Å². The van der Waals surface area contributed by atoms with E-state index in [0.717, 1.165) is 25.6 Å². The average Bonchev–Trinajstić information content (AvgIpc) is 2.63.